The van der Waals surface area contributed by atoms with E-state index in [-0.39, 0.29) is 6.04 Å². The van der Waals surface area contributed by atoms with Crippen LogP contribution in [0.3, 0.4) is 0 Å². The van der Waals surface area contributed by atoms with E-state index in [1.54, 1.807) is 16.4 Å². The third-order valence-corrected chi connectivity index (χ3v) is 5.99. The minimum absolute atomic E-state index is 0.0756. The van der Waals surface area contributed by atoms with Gasteiger partial charge in [0.2, 0.25) is 10.0 Å². The Morgan fingerprint density at radius 3 is 2.68 bits per heavy atom. The summed E-state index contributed by atoms with van der Waals surface area (Å²) in [5, 5.41) is 0. The van der Waals surface area contributed by atoms with E-state index in [1.807, 2.05) is 19.1 Å². The summed E-state index contributed by atoms with van der Waals surface area (Å²) in [5.41, 5.74) is 6.55. The molecule has 0 aromatic heterocycles. The molecule has 106 valence electrons. The predicted octanol–water partition coefficient (Wildman–Crippen LogP) is 1.74. The van der Waals surface area contributed by atoms with Crippen LogP contribution in [0.1, 0.15) is 25.3 Å². The molecule has 1 heterocycles. The number of rotatable bonds is 3. The molecule has 1 saturated heterocycles. The van der Waals surface area contributed by atoms with Gasteiger partial charge in [-0.25, -0.2) is 8.42 Å². The molecule has 2 rings (SSSR count). The first-order chi connectivity index (χ1) is 8.96. The van der Waals surface area contributed by atoms with E-state index in [2.05, 4.69) is 6.92 Å². The number of sulfonamides is 1. The first kappa shape index (κ1) is 14.5. The molecular weight excluding hydrogens is 260 g/mol. The van der Waals surface area contributed by atoms with Crippen LogP contribution in [0.5, 0.6) is 0 Å². The van der Waals surface area contributed by atoms with E-state index >= 15 is 0 Å². The summed E-state index contributed by atoms with van der Waals surface area (Å²) < 4.78 is 27.1. The molecule has 1 aromatic carbocycles. The van der Waals surface area contributed by atoms with Gasteiger partial charge in [0.15, 0.2) is 0 Å². The van der Waals surface area contributed by atoms with Gasteiger partial charge in [0.05, 0.1) is 4.90 Å². The number of hydrogen-bond donors (Lipinski definition) is 1. The number of aryl methyl sites for hydroxylation is 1. The van der Waals surface area contributed by atoms with Crippen LogP contribution in [0.2, 0.25) is 0 Å². The summed E-state index contributed by atoms with van der Waals surface area (Å²) in [5.74, 6) is 0.539. The summed E-state index contributed by atoms with van der Waals surface area (Å²) in [6, 6.07) is 7.05. The summed E-state index contributed by atoms with van der Waals surface area (Å²) in [4.78, 5) is 0.406. The molecule has 0 aliphatic carbocycles. The Bertz CT molecular complexity index is 542. The van der Waals surface area contributed by atoms with E-state index in [0.717, 1.165) is 18.4 Å². The third-order valence-electron chi connectivity index (χ3n) is 3.88. The van der Waals surface area contributed by atoms with Crippen molar-refractivity contribution < 1.29 is 8.42 Å². The lowest BCUT2D eigenvalue weighted by atomic mass is 9.94. The molecular formula is C14H22N2O2S. The summed E-state index contributed by atoms with van der Waals surface area (Å²) in [7, 11) is -3.42. The maximum atomic E-state index is 12.8. The van der Waals surface area contributed by atoms with Crippen LogP contribution >= 0.6 is 0 Å². The van der Waals surface area contributed by atoms with Crippen molar-refractivity contribution in [2.75, 3.05) is 13.1 Å². The maximum Gasteiger partial charge on any atom is 0.243 e. The number of piperidine rings is 1. The van der Waals surface area contributed by atoms with Gasteiger partial charge in [-0.1, -0.05) is 25.1 Å². The molecule has 1 aliphatic rings. The molecule has 0 bridgehead atoms. The Hall–Kier alpha value is -0.910. The van der Waals surface area contributed by atoms with Crippen LogP contribution in [0.15, 0.2) is 29.2 Å². The van der Waals surface area contributed by atoms with Gasteiger partial charge in [-0.15, -0.1) is 0 Å². The highest BCUT2D eigenvalue weighted by Gasteiger charge is 2.35. The van der Waals surface area contributed by atoms with E-state index in [9.17, 15) is 8.42 Å². The maximum absolute atomic E-state index is 12.8. The molecule has 2 atom stereocenters. The van der Waals surface area contributed by atoms with Gasteiger partial charge in [-0.3, -0.25) is 0 Å². The van der Waals surface area contributed by atoms with Crippen LogP contribution in [-0.4, -0.2) is 31.9 Å². The van der Waals surface area contributed by atoms with Crippen molar-refractivity contribution in [1.82, 2.24) is 4.31 Å². The largest absolute Gasteiger partial charge is 0.329 e. The fourth-order valence-electron chi connectivity index (χ4n) is 2.73. The SMILES string of the molecule is Cc1ccccc1S(=O)(=O)N1CCC(C)CC1CN. The van der Waals surface area contributed by atoms with Crippen LogP contribution in [0, 0.1) is 12.8 Å². The van der Waals surface area contributed by atoms with Crippen molar-refractivity contribution in [1.29, 1.82) is 0 Å². The van der Waals surface area contributed by atoms with Crippen molar-refractivity contribution in [2.45, 2.75) is 37.6 Å². The Labute approximate surface area is 115 Å². The van der Waals surface area contributed by atoms with Crippen LogP contribution < -0.4 is 5.73 Å². The van der Waals surface area contributed by atoms with Gasteiger partial charge < -0.3 is 5.73 Å². The standard InChI is InChI=1S/C14H22N2O2S/c1-11-7-8-16(13(9-11)10-15)19(17,18)14-6-4-3-5-12(14)2/h3-6,11,13H,7-10,15H2,1-2H3. The molecule has 0 spiro atoms. The average molecular weight is 282 g/mol. The fourth-order valence-corrected chi connectivity index (χ4v) is 4.62. The Morgan fingerprint density at radius 1 is 1.37 bits per heavy atom. The fraction of sp³-hybridized carbons (Fsp3) is 0.571. The van der Waals surface area contributed by atoms with Gasteiger partial charge in [-0.2, -0.15) is 4.31 Å². The third kappa shape index (κ3) is 2.83. The highest BCUT2D eigenvalue weighted by Crippen LogP contribution is 2.29. The molecule has 2 unspecified atom stereocenters. The summed E-state index contributed by atoms with van der Waals surface area (Å²) in [6.07, 6.45) is 1.75. The molecule has 1 aliphatic heterocycles. The topological polar surface area (TPSA) is 63.4 Å². The second kappa shape index (κ2) is 5.61. The molecule has 1 aromatic rings. The van der Waals surface area contributed by atoms with Crippen LogP contribution in [0.25, 0.3) is 0 Å². The molecule has 19 heavy (non-hydrogen) atoms. The van der Waals surface area contributed by atoms with Crippen molar-refractivity contribution >= 4 is 10.0 Å². The lowest BCUT2D eigenvalue weighted by molar-refractivity contribution is 0.211. The van der Waals surface area contributed by atoms with E-state index in [0.29, 0.717) is 23.9 Å². The normalized spacial score (nSPS) is 25.4. The molecule has 2 N–H and O–H groups in total. The van der Waals surface area contributed by atoms with Gasteiger partial charge >= 0.3 is 0 Å². The van der Waals surface area contributed by atoms with Gasteiger partial charge in [0, 0.05) is 19.1 Å². The van der Waals surface area contributed by atoms with Crippen molar-refractivity contribution in [3.63, 3.8) is 0 Å². The first-order valence-electron chi connectivity index (χ1n) is 6.74. The number of nitrogens with zero attached hydrogens (tertiary/aromatic N) is 1. The zero-order valence-electron chi connectivity index (χ0n) is 11.5. The summed E-state index contributed by atoms with van der Waals surface area (Å²) in [6.45, 7) is 4.94. The van der Waals surface area contributed by atoms with Crippen molar-refractivity contribution in [3.05, 3.63) is 29.8 Å². The molecule has 0 radical (unpaired) electrons. The van der Waals surface area contributed by atoms with Crippen LogP contribution in [-0.2, 0) is 10.0 Å². The predicted molar refractivity (Wildman–Crippen MR) is 76.3 cm³/mol. The van der Waals surface area contributed by atoms with E-state index in [4.69, 9.17) is 5.73 Å². The van der Waals surface area contributed by atoms with Crippen molar-refractivity contribution in [3.8, 4) is 0 Å². The van der Waals surface area contributed by atoms with Crippen LogP contribution in [0.4, 0.5) is 0 Å². The number of nitrogens with two attached hydrogens (primary N) is 1. The monoisotopic (exact) mass is 282 g/mol. The molecule has 0 amide bonds. The minimum atomic E-state index is -3.42. The number of hydrogen-bond acceptors (Lipinski definition) is 3. The van der Waals surface area contributed by atoms with Gasteiger partial charge in [0.25, 0.3) is 0 Å². The molecule has 0 saturated carbocycles. The zero-order valence-corrected chi connectivity index (χ0v) is 12.4. The lowest BCUT2D eigenvalue weighted by Gasteiger charge is -2.37. The number of benzene rings is 1. The summed E-state index contributed by atoms with van der Waals surface area (Å²) >= 11 is 0. The Kier molecular flexibility index (Phi) is 4.28. The first-order valence-corrected chi connectivity index (χ1v) is 8.18. The highest BCUT2D eigenvalue weighted by molar-refractivity contribution is 7.89. The quantitative estimate of drug-likeness (QED) is 0.918. The Morgan fingerprint density at radius 2 is 2.05 bits per heavy atom. The van der Waals surface area contributed by atoms with E-state index in [1.165, 1.54) is 0 Å². The molecule has 1 fully saturated rings. The second-order valence-corrected chi connectivity index (χ2v) is 7.26. The Balaban J connectivity index is 2.36. The van der Waals surface area contributed by atoms with Gasteiger partial charge in [-0.05, 0) is 37.3 Å². The minimum Gasteiger partial charge on any atom is -0.329 e. The zero-order chi connectivity index (χ0) is 14.0. The smallest absolute Gasteiger partial charge is 0.243 e. The van der Waals surface area contributed by atoms with E-state index < -0.39 is 10.0 Å². The van der Waals surface area contributed by atoms with Gasteiger partial charge in [0.1, 0.15) is 0 Å². The average Bonchev–Trinajstić information content (AvgIpc) is 2.38. The lowest BCUT2D eigenvalue weighted by Crippen LogP contribution is -2.49. The van der Waals surface area contributed by atoms with Crippen molar-refractivity contribution in [2.24, 2.45) is 11.7 Å². The second-order valence-electron chi connectivity index (χ2n) is 5.40. The molecule has 4 nitrogen and oxygen atoms in total. The molecule has 5 heteroatoms. The highest BCUT2D eigenvalue weighted by atomic mass is 32.2.